The number of rotatable bonds is 7. The van der Waals surface area contributed by atoms with Crippen LogP contribution < -0.4 is 11.1 Å². The molecule has 0 saturated heterocycles. The van der Waals surface area contributed by atoms with E-state index in [0.29, 0.717) is 43.7 Å². The number of nitrogen functional groups attached to an aromatic ring is 1. The highest BCUT2D eigenvalue weighted by atomic mass is 32.1. The monoisotopic (exact) mass is 471 g/mol. The Balaban J connectivity index is 1.81. The van der Waals surface area contributed by atoms with Crippen LogP contribution in [0.3, 0.4) is 0 Å². The number of nitrogens with one attached hydrogen (secondary N) is 1. The molecule has 9 heteroatoms. The van der Waals surface area contributed by atoms with Crippen molar-refractivity contribution in [1.82, 2.24) is 0 Å². The number of hydrogen-bond donors (Lipinski definition) is 2. The van der Waals surface area contributed by atoms with Crippen molar-refractivity contribution in [2.24, 2.45) is 5.11 Å². The van der Waals surface area contributed by atoms with Crippen LogP contribution in [0, 0.1) is 0 Å². The van der Waals surface area contributed by atoms with Crippen molar-refractivity contribution in [2.75, 3.05) is 17.7 Å². The van der Waals surface area contributed by atoms with Crippen LogP contribution in [0.5, 0.6) is 0 Å². The molecule has 0 bridgehead atoms. The number of allylic oxidation sites excluding steroid dienone is 1. The molecule has 4 rings (SSSR count). The van der Waals surface area contributed by atoms with Crippen molar-refractivity contribution in [3.05, 3.63) is 111 Å². The number of hydrogen-bond acceptors (Lipinski definition) is 7. The summed E-state index contributed by atoms with van der Waals surface area (Å²) in [6, 6.07) is 15.8. The first-order chi connectivity index (χ1) is 16.5. The van der Waals surface area contributed by atoms with Gasteiger partial charge in [0.2, 0.25) is 5.78 Å². The number of ether oxygens (including phenoxy) is 1. The molecule has 1 aliphatic rings. The van der Waals surface area contributed by atoms with Crippen molar-refractivity contribution in [3.63, 3.8) is 0 Å². The van der Waals surface area contributed by atoms with Gasteiger partial charge in [0.1, 0.15) is 11.5 Å². The Bertz CT molecular complexity index is 1350. The standard InChI is InChI=1S/C25H21N5O3S/c1-3-13-33-25(32)18-14(2)28-24-20(19(18)15-7-5-4-6-8-15)21(26)23(34-24)22(31)16-9-11-17(12-10-16)29-30-27/h3-12,19,28H,1,13,26H2,2H3. The van der Waals surface area contributed by atoms with Gasteiger partial charge in [-0.1, -0.05) is 72.4 Å². The Hall–Kier alpha value is -4.33. The number of anilines is 2. The average molecular weight is 472 g/mol. The van der Waals surface area contributed by atoms with Crippen molar-refractivity contribution >= 4 is 39.5 Å². The van der Waals surface area contributed by atoms with Crippen LogP contribution in [0.25, 0.3) is 10.4 Å². The molecule has 0 radical (unpaired) electrons. The lowest BCUT2D eigenvalue weighted by Crippen LogP contribution is -2.24. The average Bonchev–Trinajstić information content (AvgIpc) is 3.18. The van der Waals surface area contributed by atoms with Crippen LogP contribution in [-0.4, -0.2) is 18.4 Å². The third kappa shape index (κ3) is 4.17. The van der Waals surface area contributed by atoms with Gasteiger partial charge >= 0.3 is 5.97 Å². The van der Waals surface area contributed by atoms with Gasteiger partial charge in [-0.2, -0.15) is 0 Å². The lowest BCUT2D eigenvalue weighted by atomic mass is 9.81. The first-order valence-electron chi connectivity index (χ1n) is 10.4. The molecule has 170 valence electrons. The number of nitrogens with two attached hydrogens (primary N) is 1. The number of azide groups is 1. The molecule has 1 unspecified atom stereocenters. The molecule has 2 aromatic carbocycles. The summed E-state index contributed by atoms with van der Waals surface area (Å²) in [6.45, 7) is 5.49. The van der Waals surface area contributed by atoms with Crippen LogP contribution in [0.15, 0.2) is 83.6 Å². The first-order valence-corrected chi connectivity index (χ1v) is 11.2. The summed E-state index contributed by atoms with van der Waals surface area (Å²) in [5.41, 5.74) is 18.9. The minimum absolute atomic E-state index is 0.0820. The molecular formula is C25H21N5O3S. The highest BCUT2D eigenvalue weighted by Crippen LogP contribution is 2.50. The largest absolute Gasteiger partial charge is 0.458 e. The summed E-state index contributed by atoms with van der Waals surface area (Å²) in [7, 11) is 0. The van der Waals surface area contributed by atoms with Crippen LogP contribution in [-0.2, 0) is 9.53 Å². The Morgan fingerprint density at radius 2 is 1.94 bits per heavy atom. The highest BCUT2D eigenvalue weighted by molar-refractivity contribution is 7.19. The molecule has 3 aromatic rings. The quantitative estimate of drug-likeness (QED) is 0.108. The molecule has 1 aromatic heterocycles. The minimum atomic E-state index is -0.500. The molecule has 3 N–H and O–H groups in total. The summed E-state index contributed by atoms with van der Waals surface area (Å²) in [4.78, 5) is 29.4. The number of fused-ring (bicyclic) bond motifs is 1. The van der Waals surface area contributed by atoms with E-state index in [4.69, 9.17) is 16.0 Å². The fourth-order valence-corrected chi connectivity index (χ4v) is 5.10. The zero-order valence-corrected chi connectivity index (χ0v) is 19.1. The van der Waals surface area contributed by atoms with E-state index in [1.807, 2.05) is 30.3 Å². The van der Waals surface area contributed by atoms with E-state index in [2.05, 4.69) is 21.9 Å². The normalized spacial score (nSPS) is 14.4. The zero-order valence-electron chi connectivity index (χ0n) is 18.3. The van der Waals surface area contributed by atoms with Crippen molar-refractivity contribution in [1.29, 1.82) is 0 Å². The number of esters is 1. The molecule has 1 atom stereocenters. The van der Waals surface area contributed by atoms with Gasteiger partial charge < -0.3 is 15.8 Å². The molecule has 0 spiro atoms. The van der Waals surface area contributed by atoms with Gasteiger partial charge in [0, 0.05) is 33.3 Å². The van der Waals surface area contributed by atoms with E-state index in [1.54, 1.807) is 31.2 Å². The molecule has 0 amide bonds. The number of benzene rings is 2. The van der Waals surface area contributed by atoms with Gasteiger partial charge in [-0.25, -0.2) is 4.79 Å². The van der Waals surface area contributed by atoms with Gasteiger partial charge in [-0.3, -0.25) is 4.79 Å². The van der Waals surface area contributed by atoms with E-state index < -0.39 is 11.9 Å². The van der Waals surface area contributed by atoms with E-state index in [0.717, 1.165) is 5.56 Å². The molecule has 1 aliphatic heterocycles. The fourth-order valence-electron chi connectivity index (χ4n) is 3.93. The van der Waals surface area contributed by atoms with Gasteiger partial charge in [0.05, 0.1) is 16.3 Å². The second-order valence-corrected chi connectivity index (χ2v) is 8.57. The Morgan fingerprint density at radius 1 is 1.24 bits per heavy atom. The van der Waals surface area contributed by atoms with Crippen LogP contribution in [0.4, 0.5) is 16.4 Å². The van der Waals surface area contributed by atoms with Crippen molar-refractivity contribution < 1.29 is 14.3 Å². The maximum Gasteiger partial charge on any atom is 0.337 e. The molecule has 0 fully saturated rings. The summed E-state index contributed by atoms with van der Waals surface area (Å²) >= 11 is 1.24. The third-order valence-corrected chi connectivity index (χ3v) is 6.58. The summed E-state index contributed by atoms with van der Waals surface area (Å²) in [5, 5.41) is 7.48. The molecule has 8 nitrogen and oxygen atoms in total. The topological polar surface area (TPSA) is 130 Å². The number of carbonyl (C=O) groups excluding carboxylic acids is 2. The number of nitrogens with zero attached hydrogens (tertiary/aromatic N) is 3. The van der Waals surface area contributed by atoms with Crippen LogP contribution in [0.1, 0.15) is 39.2 Å². The van der Waals surface area contributed by atoms with E-state index in [-0.39, 0.29) is 12.4 Å². The number of ketones is 1. The maximum atomic E-state index is 13.3. The summed E-state index contributed by atoms with van der Waals surface area (Å²) in [6.07, 6.45) is 1.51. The Morgan fingerprint density at radius 3 is 2.59 bits per heavy atom. The minimum Gasteiger partial charge on any atom is -0.458 e. The first kappa shape index (κ1) is 22.8. The second kappa shape index (κ2) is 9.66. The Kier molecular flexibility index (Phi) is 6.49. The van der Waals surface area contributed by atoms with Gasteiger partial charge in [0.15, 0.2) is 0 Å². The molecule has 2 heterocycles. The van der Waals surface area contributed by atoms with Crippen LogP contribution >= 0.6 is 11.3 Å². The molecule has 0 aliphatic carbocycles. The lowest BCUT2D eigenvalue weighted by molar-refractivity contribution is -0.138. The number of carbonyl (C=O) groups is 2. The SMILES string of the molecule is C=CCOC(=O)C1=C(C)Nc2sc(C(=O)c3ccc(N=[N+]=[N-])cc3)c(N)c2C1c1ccccc1. The van der Waals surface area contributed by atoms with E-state index in [9.17, 15) is 9.59 Å². The second-order valence-electron chi connectivity index (χ2n) is 7.55. The number of thiophene rings is 1. The van der Waals surface area contributed by atoms with Gasteiger partial charge in [0.25, 0.3) is 0 Å². The van der Waals surface area contributed by atoms with E-state index >= 15 is 0 Å². The predicted octanol–water partition coefficient (Wildman–Crippen LogP) is 6.06. The zero-order chi connectivity index (χ0) is 24.2. The van der Waals surface area contributed by atoms with Crippen LogP contribution in [0.2, 0.25) is 0 Å². The third-order valence-electron chi connectivity index (χ3n) is 5.45. The summed E-state index contributed by atoms with van der Waals surface area (Å²) < 4.78 is 5.37. The van der Waals surface area contributed by atoms with Gasteiger partial charge in [-0.05, 0) is 18.0 Å². The van der Waals surface area contributed by atoms with Gasteiger partial charge in [-0.15, -0.1) is 11.3 Å². The Labute approximate surface area is 200 Å². The smallest absolute Gasteiger partial charge is 0.337 e. The van der Waals surface area contributed by atoms with Crippen molar-refractivity contribution in [3.8, 4) is 0 Å². The molecule has 0 saturated carbocycles. The summed E-state index contributed by atoms with van der Waals surface area (Å²) in [5.74, 6) is -1.23. The lowest BCUT2D eigenvalue weighted by Gasteiger charge is -2.28. The molecular weight excluding hydrogens is 450 g/mol. The predicted molar refractivity (Wildman–Crippen MR) is 133 cm³/mol. The van der Waals surface area contributed by atoms with E-state index in [1.165, 1.54) is 17.4 Å². The fraction of sp³-hybridized carbons (Fsp3) is 0.120. The van der Waals surface area contributed by atoms with Crippen molar-refractivity contribution in [2.45, 2.75) is 12.8 Å². The molecule has 34 heavy (non-hydrogen) atoms. The highest BCUT2D eigenvalue weighted by Gasteiger charge is 2.37. The maximum absolute atomic E-state index is 13.3.